The first-order valence-electron chi connectivity index (χ1n) is 5.41. The van der Waals surface area contributed by atoms with Gasteiger partial charge < -0.3 is 4.98 Å². The normalized spacial score (nSPS) is 15.8. The van der Waals surface area contributed by atoms with Crippen molar-refractivity contribution in [3.8, 4) is 0 Å². The number of aryl methyl sites for hydroxylation is 1. The maximum absolute atomic E-state index is 11.8. The number of rotatable bonds is 2. The van der Waals surface area contributed by atoms with Crippen LogP contribution in [0.4, 0.5) is 0 Å². The van der Waals surface area contributed by atoms with Crippen molar-refractivity contribution in [3.63, 3.8) is 0 Å². The summed E-state index contributed by atoms with van der Waals surface area (Å²) >= 11 is 1.69. The molecule has 15 heavy (non-hydrogen) atoms. The molecule has 1 aromatic heterocycles. The highest BCUT2D eigenvalue weighted by molar-refractivity contribution is 7.97. The van der Waals surface area contributed by atoms with E-state index in [0.717, 1.165) is 42.1 Å². The number of thioether (sulfide) groups is 1. The summed E-state index contributed by atoms with van der Waals surface area (Å²) < 4.78 is 0. The molecule has 82 valence electrons. The lowest BCUT2D eigenvalue weighted by atomic mass is 10.1. The summed E-state index contributed by atoms with van der Waals surface area (Å²) in [7, 11) is 0. The van der Waals surface area contributed by atoms with Crippen LogP contribution in [0.1, 0.15) is 36.3 Å². The number of H-pyrrole nitrogens is 1. The molecule has 1 heterocycles. The predicted octanol–water partition coefficient (Wildman–Crippen LogP) is 1.90. The average molecular weight is 224 g/mol. The van der Waals surface area contributed by atoms with Gasteiger partial charge in [-0.15, -0.1) is 0 Å². The van der Waals surface area contributed by atoms with Crippen molar-refractivity contribution >= 4 is 11.8 Å². The number of aromatic nitrogens is 2. The minimum atomic E-state index is 0.0888. The number of nitrogens with one attached hydrogen (secondary N) is 1. The highest BCUT2D eigenvalue weighted by Crippen LogP contribution is 2.16. The Balaban J connectivity index is 2.39. The maximum atomic E-state index is 11.8. The van der Waals surface area contributed by atoms with Crippen molar-refractivity contribution in [2.45, 2.75) is 37.9 Å². The van der Waals surface area contributed by atoms with Gasteiger partial charge in [0.15, 0.2) is 0 Å². The lowest BCUT2D eigenvalue weighted by molar-refractivity contribution is 0.708. The quantitative estimate of drug-likeness (QED) is 0.780. The van der Waals surface area contributed by atoms with Gasteiger partial charge in [-0.1, -0.05) is 6.42 Å². The molecular formula is C11H16N2OS. The van der Waals surface area contributed by atoms with Gasteiger partial charge in [0.1, 0.15) is 5.82 Å². The molecule has 0 saturated heterocycles. The Kier molecular flexibility index (Phi) is 3.46. The zero-order chi connectivity index (χ0) is 10.7. The fraction of sp³-hybridized carbons (Fsp3) is 0.636. The average Bonchev–Trinajstić information content (AvgIpc) is 2.43. The van der Waals surface area contributed by atoms with Gasteiger partial charge >= 0.3 is 0 Å². The summed E-state index contributed by atoms with van der Waals surface area (Å²) in [6.45, 7) is 0. The van der Waals surface area contributed by atoms with Gasteiger partial charge in [-0.3, -0.25) is 4.79 Å². The van der Waals surface area contributed by atoms with E-state index < -0.39 is 0 Å². The molecule has 1 N–H and O–H groups in total. The molecule has 3 nitrogen and oxygen atoms in total. The smallest absolute Gasteiger partial charge is 0.254 e. The second-order valence-electron chi connectivity index (χ2n) is 3.93. The molecule has 2 rings (SSSR count). The molecule has 0 amide bonds. The molecule has 1 aliphatic carbocycles. The predicted molar refractivity (Wildman–Crippen MR) is 63.3 cm³/mol. The van der Waals surface area contributed by atoms with Crippen LogP contribution in [-0.4, -0.2) is 16.2 Å². The standard InChI is InChI=1S/C11H16N2OS/c1-15-7-10-12-9-6-4-2-3-5-8(9)11(14)13-10/h2-7H2,1H3,(H,12,13,14). The highest BCUT2D eigenvalue weighted by Gasteiger charge is 2.13. The van der Waals surface area contributed by atoms with Crippen LogP contribution in [0, 0.1) is 0 Å². The van der Waals surface area contributed by atoms with E-state index in [1.165, 1.54) is 12.8 Å². The highest BCUT2D eigenvalue weighted by atomic mass is 32.2. The van der Waals surface area contributed by atoms with E-state index in [-0.39, 0.29) is 5.56 Å². The van der Waals surface area contributed by atoms with Crippen LogP contribution in [-0.2, 0) is 18.6 Å². The number of aromatic amines is 1. The molecule has 0 saturated carbocycles. The fourth-order valence-corrected chi connectivity index (χ4v) is 2.45. The van der Waals surface area contributed by atoms with Gasteiger partial charge in [0.25, 0.3) is 5.56 Å². The van der Waals surface area contributed by atoms with Crippen LogP contribution in [0.25, 0.3) is 0 Å². The summed E-state index contributed by atoms with van der Waals surface area (Å²) in [6, 6.07) is 0. The minimum Gasteiger partial charge on any atom is -0.310 e. The lowest BCUT2D eigenvalue weighted by Crippen LogP contribution is -2.19. The molecule has 1 aromatic rings. The molecule has 0 aliphatic heterocycles. The van der Waals surface area contributed by atoms with Crippen molar-refractivity contribution in [1.82, 2.24) is 9.97 Å². The Hall–Kier alpha value is -0.770. The van der Waals surface area contributed by atoms with Crippen molar-refractivity contribution in [2.75, 3.05) is 6.26 Å². The SMILES string of the molecule is CSCc1nc2c(c(=O)[nH]1)CCCCC2. The Bertz CT molecular complexity index is 400. The molecule has 0 spiro atoms. The van der Waals surface area contributed by atoms with E-state index in [1.807, 2.05) is 6.26 Å². The van der Waals surface area contributed by atoms with Gasteiger partial charge in [-0.2, -0.15) is 11.8 Å². The molecule has 0 bridgehead atoms. The third-order valence-corrected chi connectivity index (χ3v) is 3.33. The van der Waals surface area contributed by atoms with Gasteiger partial charge in [0.2, 0.25) is 0 Å². The number of fused-ring (bicyclic) bond motifs is 1. The summed E-state index contributed by atoms with van der Waals surface area (Å²) in [4.78, 5) is 19.2. The third kappa shape index (κ3) is 2.43. The Morgan fingerprint density at radius 1 is 1.33 bits per heavy atom. The molecule has 0 fully saturated rings. The summed E-state index contributed by atoms with van der Waals surface area (Å²) in [5, 5.41) is 0. The van der Waals surface area contributed by atoms with E-state index >= 15 is 0 Å². The molecule has 0 atom stereocenters. The second kappa shape index (κ2) is 4.84. The first-order chi connectivity index (χ1) is 7.31. The first kappa shape index (κ1) is 10.7. The molecule has 0 radical (unpaired) electrons. The number of nitrogens with zero attached hydrogens (tertiary/aromatic N) is 1. The zero-order valence-corrected chi connectivity index (χ0v) is 9.82. The topological polar surface area (TPSA) is 45.8 Å². The van der Waals surface area contributed by atoms with E-state index in [0.29, 0.717) is 0 Å². The van der Waals surface area contributed by atoms with Crippen LogP contribution in [0.15, 0.2) is 4.79 Å². The molecule has 1 aliphatic rings. The Labute approximate surface area is 93.7 Å². The summed E-state index contributed by atoms with van der Waals surface area (Å²) in [5.41, 5.74) is 2.06. The maximum Gasteiger partial charge on any atom is 0.254 e. The van der Waals surface area contributed by atoms with Crippen LogP contribution < -0.4 is 5.56 Å². The molecule has 0 aromatic carbocycles. The Morgan fingerprint density at radius 2 is 2.13 bits per heavy atom. The minimum absolute atomic E-state index is 0.0888. The molecule has 4 heteroatoms. The number of hydrogen-bond donors (Lipinski definition) is 1. The van der Waals surface area contributed by atoms with Gasteiger partial charge in [0, 0.05) is 5.56 Å². The van der Waals surface area contributed by atoms with Crippen molar-refractivity contribution in [1.29, 1.82) is 0 Å². The summed E-state index contributed by atoms with van der Waals surface area (Å²) in [6.07, 6.45) is 7.40. The van der Waals surface area contributed by atoms with Crippen molar-refractivity contribution in [3.05, 3.63) is 27.4 Å². The van der Waals surface area contributed by atoms with Crippen LogP contribution >= 0.6 is 11.8 Å². The largest absolute Gasteiger partial charge is 0.310 e. The Morgan fingerprint density at radius 3 is 2.93 bits per heavy atom. The lowest BCUT2D eigenvalue weighted by Gasteiger charge is -2.05. The van der Waals surface area contributed by atoms with Crippen LogP contribution in [0.3, 0.4) is 0 Å². The second-order valence-corrected chi connectivity index (χ2v) is 4.80. The van der Waals surface area contributed by atoms with Crippen molar-refractivity contribution < 1.29 is 0 Å². The van der Waals surface area contributed by atoms with Crippen LogP contribution in [0.5, 0.6) is 0 Å². The van der Waals surface area contributed by atoms with E-state index in [4.69, 9.17) is 0 Å². The van der Waals surface area contributed by atoms with Gasteiger partial charge in [-0.25, -0.2) is 4.98 Å². The fourth-order valence-electron chi connectivity index (χ4n) is 2.04. The van der Waals surface area contributed by atoms with E-state index in [2.05, 4.69) is 9.97 Å². The van der Waals surface area contributed by atoms with E-state index in [9.17, 15) is 4.79 Å². The summed E-state index contributed by atoms with van der Waals surface area (Å²) in [5.74, 6) is 1.62. The van der Waals surface area contributed by atoms with Crippen molar-refractivity contribution in [2.24, 2.45) is 0 Å². The third-order valence-electron chi connectivity index (χ3n) is 2.77. The van der Waals surface area contributed by atoms with Gasteiger partial charge in [0.05, 0.1) is 11.4 Å². The monoisotopic (exact) mass is 224 g/mol. The molecular weight excluding hydrogens is 208 g/mol. The van der Waals surface area contributed by atoms with E-state index in [1.54, 1.807) is 11.8 Å². The molecule has 0 unspecified atom stereocenters. The van der Waals surface area contributed by atoms with Gasteiger partial charge in [-0.05, 0) is 31.9 Å². The van der Waals surface area contributed by atoms with Crippen LogP contribution in [0.2, 0.25) is 0 Å². The first-order valence-corrected chi connectivity index (χ1v) is 6.80. The zero-order valence-electron chi connectivity index (χ0n) is 9.01. The number of hydrogen-bond acceptors (Lipinski definition) is 3.